The van der Waals surface area contributed by atoms with Crippen molar-refractivity contribution in [1.82, 2.24) is 5.32 Å². The van der Waals surface area contributed by atoms with Crippen molar-refractivity contribution >= 4 is 17.5 Å². The highest BCUT2D eigenvalue weighted by Gasteiger charge is 2.22. The third kappa shape index (κ3) is 5.12. The van der Waals surface area contributed by atoms with Crippen molar-refractivity contribution in [3.05, 3.63) is 75.1 Å². The van der Waals surface area contributed by atoms with Crippen molar-refractivity contribution in [3.63, 3.8) is 0 Å². The summed E-state index contributed by atoms with van der Waals surface area (Å²) < 4.78 is 13.5. The molecule has 8 heteroatoms. The number of carbonyl (C=O) groups excluding carboxylic acids is 2. The highest BCUT2D eigenvalue weighted by Crippen LogP contribution is 2.22. The minimum Gasteiger partial charge on any atom is -0.368 e. The molecule has 2 aromatic carbocycles. The topological polar surface area (TPSA) is 115 Å². The van der Waals surface area contributed by atoms with E-state index in [1.165, 1.54) is 6.07 Å². The number of nitrogens with two attached hydrogens (primary N) is 1. The van der Waals surface area contributed by atoms with E-state index in [1.807, 2.05) is 32.9 Å². The van der Waals surface area contributed by atoms with E-state index >= 15 is 0 Å². The van der Waals surface area contributed by atoms with Crippen LogP contribution < -0.4 is 11.1 Å². The van der Waals surface area contributed by atoms with Crippen molar-refractivity contribution in [2.45, 2.75) is 38.6 Å². The summed E-state index contributed by atoms with van der Waals surface area (Å²) in [6.07, 6.45) is -0.0950. The zero-order chi connectivity index (χ0) is 21.1. The van der Waals surface area contributed by atoms with E-state index in [9.17, 15) is 24.1 Å². The van der Waals surface area contributed by atoms with E-state index in [4.69, 9.17) is 5.73 Å². The smallest absolute Gasteiger partial charge is 0.305 e. The van der Waals surface area contributed by atoms with E-state index in [1.54, 1.807) is 12.1 Å². The van der Waals surface area contributed by atoms with Gasteiger partial charge in [-0.05, 0) is 34.7 Å². The van der Waals surface area contributed by atoms with Crippen molar-refractivity contribution in [2.75, 3.05) is 0 Å². The monoisotopic (exact) mass is 387 g/mol. The molecule has 28 heavy (non-hydrogen) atoms. The third-order valence-corrected chi connectivity index (χ3v) is 4.31. The van der Waals surface area contributed by atoms with Crippen LogP contribution in [0.5, 0.6) is 0 Å². The van der Waals surface area contributed by atoms with Crippen LogP contribution in [0.1, 0.15) is 42.3 Å². The quantitative estimate of drug-likeness (QED) is 0.586. The highest BCUT2D eigenvalue weighted by molar-refractivity contribution is 5.97. The number of rotatable bonds is 6. The fourth-order valence-electron chi connectivity index (χ4n) is 2.65. The first-order valence-electron chi connectivity index (χ1n) is 8.62. The largest absolute Gasteiger partial charge is 0.368 e. The number of nitro benzene ring substituents is 1. The van der Waals surface area contributed by atoms with Crippen LogP contribution in [0.4, 0.5) is 10.1 Å². The molecule has 0 heterocycles. The van der Waals surface area contributed by atoms with Gasteiger partial charge in [-0.2, -0.15) is 4.39 Å². The summed E-state index contributed by atoms with van der Waals surface area (Å²) in [6.45, 7) is 6.15. The maximum atomic E-state index is 13.5. The second-order valence-corrected chi connectivity index (χ2v) is 7.50. The van der Waals surface area contributed by atoms with Gasteiger partial charge >= 0.3 is 5.69 Å². The Balaban J connectivity index is 2.17. The minimum atomic E-state index is -1.10. The molecule has 0 saturated carbocycles. The molecule has 0 aromatic heterocycles. The molecule has 148 valence electrons. The number of nitro groups is 1. The van der Waals surface area contributed by atoms with Gasteiger partial charge in [-0.15, -0.1) is 0 Å². The Kier molecular flexibility index (Phi) is 6.12. The Hall–Kier alpha value is -3.29. The number of primary amides is 1. The number of carbonyl (C=O) groups is 2. The van der Waals surface area contributed by atoms with Crippen LogP contribution in [0.25, 0.3) is 0 Å². The molecule has 0 aliphatic carbocycles. The van der Waals surface area contributed by atoms with Crippen LogP contribution in [-0.4, -0.2) is 22.8 Å². The molecule has 2 aromatic rings. The van der Waals surface area contributed by atoms with Gasteiger partial charge in [0.25, 0.3) is 5.91 Å². The molecule has 0 fully saturated rings. The summed E-state index contributed by atoms with van der Waals surface area (Å²) in [5.74, 6) is -2.28. The Morgan fingerprint density at radius 1 is 1.18 bits per heavy atom. The molecule has 0 saturated heterocycles. The molecular formula is C20H22FN3O4. The second-order valence-electron chi connectivity index (χ2n) is 7.50. The fourth-order valence-corrected chi connectivity index (χ4v) is 2.65. The van der Waals surface area contributed by atoms with Crippen LogP contribution in [0.2, 0.25) is 0 Å². The molecular weight excluding hydrogens is 365 g/mol. The molecule has 1 atom stereocenters. The molecule has 2 amide bonds. The highest BCUT2D eigenvalue weighted by atomic mass is 19.1. The number of nitrogens with zero attached hydrogens (tertiary/aromatic N) is 1. The number of hydrogen-bond donors (Lipinski definition) is 2. The van der Waals surface area contributed by atoms with Crippen molar-refractivity contribution in [3.8, 4) is 0 Å². The lowest BCUT2D eigenvalue weighted by Gasteiger charge is -2.19. The van der Waals surface area contributed by atoms with Crippen molar-refractivity contribution < 1.29 is 18.9 Å². The van der Waals surface area contributed by atoms with E-state index in [-0.39, 0.29) is 11.8 Å². The first-order valence-corrected chi connectivity index (χ1v) is 8.62. The average Bonchev–Trinajstić information content (AvgIpc) is 2.61. The number of hydrogen-bond acceptors (Lipinski definition) is 4. The molecule has 0 aliphatic heterocycles. The van der Waals surface area contributed by atoms with Gasteiger partial charge in [0, 0.05) is 18.1 Å². The Labute approximate surface area is 161 Å². The van der Waals surface area contributed by atoms with Gasteiger partial charge in [0.1, 0.15) is 6.04 Å². The Morgan fingerprint density at radius 3 is 2.29 bits per heavy atom. The van der Waals surface area contributed by atoms with E-state index < -0.39 is 34.3 Å². The summed E-state index contributed by atoms with van der Waals surface area (Å²) in [7, 11) is 0. The van der Waals surface area contributed by atoms with Gasteiger partial charge in [-0.3, -0.25) is 19.7 Å². The lowest BCUT2D eigenvalue weighted by Crippen LogP contribution is -2.45. The van der Waals surface area contributed by atoms with Crippen LogP contribution in [0.3, 0.4) is 0 Å². The Morgan fingerprint density at radius 2 is 1.79 bits per heavy atom. The minimum absolute atomic E-state index is 0.0674. The molecule has 3 N–H and O–H groups in total. The lowest BCUT2D eigenvalue weighted by atomic mass is 9.86. The SMILES string of the molecule is CC(C)(C)c1ccc(C(=O)N[C@@H](Cc2ccc(F)c([N+](=O)[O-])c2)C(N)=O)cc1. The summed E-state index contributed by atoms with van der Waals surface area (Å²) in [4.78, 5) is 34.2. The zero-order valence-corrected chi connectivity index (χ0v) is 15.9. The number of benzene rings is 2. The molecule has 2 rings (SSSR count). The van der Waals surface area contributed by atoms with Gasteiger partial charge in [0.05, 0.1) is 4.92 Å². The standard InChI is InChI=1S/C20H22FN3O4/c1-20(2,3)14-7-5-13(6-8-14)19(26)23-16(18(22)25)10-12-4-9-15(21)17(11-12)24(27)28/h4-9,11,16H,10H2,1-3H3,(H2,22,25)(H,23,26)/t16-/m0/s1. The molecule has 0 unspecified atom stereocenters. The number of halogens is 1. The van der Waals surface area contributed by atoms with Crippen molar-refractivity contribution in [1.29, 1.82) is 0 Å². The molecule has 0 bridgehead atoms. The average molecular weight is 387 g/mol. The summed E-state index contributed by atoms with van der Waals surface area (Å²) in [6, 6.07) is 9.14. The normalized spacial score (nSPS) is 12.3. The van der Waals surface area contributed by atoms with E-state index in [0.717, 1.165) is 17.7 Å². The van der Waals surface area contributed by atoms with Gasteiger partial charge in [-0.1, -0.05) is 39.0 Å². The van der Waals surface area contributed by atoms with Gasteiger partial charge in [0.2, 0.25) is 11.7 Å². The first-order chi connectivity index (χ1) is 13.0. The fraction of sp³-hybridized carbons (Fsp3) is 0.300. The van der Waals surface area contributed by atoms with E-state index in [2.05, 4.69) is 5.32 Å². The number of amides is 2. The molecule has 0 aliphatic rings. The lowest BCUT2D eigenvalue weighted by molar-refractivity contribution is -0.387. The summed E-state index contributed by atoms with van der Waals surface area (Å²) in [5, 5.41) is 13.4. The predicted molar refractivity (Wildman–Crippen MR) is 102 cm³/mol. The summed E-state index contributed by atoms with van der Waals surface area (Å²) in [5.41, 5.74) is 6.29. The van der Waals surface area contributed by atoms with E-state index in [0.29, 0.717) is 11.1 Å². The molecule has 0 radical (unpaired) electrons. The maximum absolute atomic E-state index is 13.5. The van der Waals surface area contributed by atoms with Crippen LogP contribution in [0.15, 0.2) is 42.5 Å². The predicted octanol–water partition coefficient (Wildman–Crippen LogP) is 2.86. The number of nitrogens with one attached hydrogen (secondary N) is 1. The van der Waals surface area contributed by atoms with Crippen LogP contribution in [-0.2, 0) is 16.6 Å². The summed E-state index contributed by atoms with van der Waals surface area (Å²) >= 11 is 0. The zero-order valence-electron chi connectivity index (χ0n) is 15.9. The van der Waals surface area contributed by atoms with Gasteiger partial charge in [0.15, 0.2) is 0 Å². The maximum Gasteiger partial charge on any atom is 0.305 e. The first kappa shape index (κ1) is 21.0. The van der Waals surface area contributed by atoms with Crippen molar-refractivity contribution in [2.24, 2.45) is 5.73 Å². The third-order valence-electron chi connectivity index (χ3n) is 4.31. The van der Waals surface area contributed by atoms with Crippen LogP contribution in [0, 0.1) is 15.9 Å². The second kappa shape index (κ2) is 8.16. The van der Waals surface area contributed by atoms with Crippen LogP contribution >= 0.6 is 0 Å². The molecule has 0 spiro atoms. The Bertz CT molecular complexity index is 905. The van der Waals surface area contributed by atoms with Gasteiger partial charge in [-0.25, -0.2) is 0 Å². The van der Waals surface area contributed by atoms with Gasteiger partial charge < -0.3 is 11.1 Å². The molecule has 7 nitrogen and oxygen atoms in total.